The van der Waals surface area contributed by atoms with Crippen LogP contribution >= 0.6 is 0 Å². The number of nitrogens with one attached hydrogen (secondary N) is 1. The Balaban J connectivity index is 2.03. The predicted octanol–water partition coefficient (Wildman–Crippen LogP) is 2.31. The lowest BCUT2D eigenvalue weighted by atomic mass is 9.73. The van der Waals surface area contributed by atoms with Gasteiger partial charge >= 0.3 is 5.97 Å². The molecule has 4 heteroatoms. The Kier molecular flexibility index (Phi) is 7.91. The molecule has 0 saturated heterocycles. The maximum atomic E-state index is 12.9. The third-order valence-corrected chi connectivity index (χ3v) is 5.63. The van der Waals surface area contributed by atoms with E-state index in [2.05, 4.69) is 13.8 Å². The summed E-state index contributed by atoms with van der Waals surface area (Å²) in [7, 11) is 0. The fourth-order valence-electron chi connectivity index (χ4n) is 3.93. The Hall–Kier alpha value is -1.39. The zero-order valence-corrected chi connectivity index (χ0v) is 15.8. The molecule has 0 bridgehead atoms. The number of ether oxygens (including phenoxy) is 1. The molecule has 2 N–H and O–H groups in total. The Labute approximate surface area is 152 Å². The van der Waals surface area contributed by atoms with Crippen molar-refractivity contribution in [1.82, 2.24) is 0 Å². The van der Waals surface area contributed by atoms with Crippen LogP contribution in [0.5, 0.6) is 0 Å². The largest absolute Gasteiger partial charge is 0.463 e. The SMILES string of the molecule is CC[NH+](CC)CCCOC(=O)C(O)(c1ccccc1)C1CCCCC1. The number of hydrogen-bond acceptors (Lipinski definition) is 3. The smallest absolute Gasteiger partial charge is 0.343 e. The molecule has 140 valence electrons. The summed E-state index contributed by atoms with van der Waals surface area (Å²) in [5.41, 5.74) is -0.842. The lowest BCUT2D eigenvalue weighted by Crippen LogP contribution is -3.11. The third-order valence-electron chi connectivity index (χ3n) is 5.63. The molecule has 1 saturated carbocycles. The molecule has 1 aliphatic carbocycles. The van der Waals surface area contributed by atoms with Crippen LogP contribution < -0.4 is 4.90 Å². The summed E-state index contributed by atoms with van der Waals surface area (Å²) in [6.45, 7) is 7.88. The van der Waals surface area contributed by atoms with Gasteiger partial charge in [-0.2, -0.15) is 0 Å². The molecule has 0 aromatic heterocycles. The van der Waals surface area contributed by atoms with Crippen LogP contribution in [0.1, 0.15) is 57.9 Å². The van der Waals surface area contributed by atoms with Gasteiger partial charge < -0.3 is 14.7 Å². The van der Waals surface area contributed by atoms with Gasteiger partial charge in [0.25, 0.3) is 0 Å². The topological polar surface area (TPSA) is 51.0 Å². The first-order chi connectivity index (χ1) is 12.1. The molecule has 0 aliphatic heterocycles. The quantitative estimate of drug-likeness (QED) is 0.532. The van der Waals surface area contributed by atoms with Gasteiger partial charge in [0.15, 0.2) is 5.60 Å². The standard InChI is InChI=1S/C21H33NO3/c1-3-22(4-2)16-11-17-25-20(23)21(24,18-12-7-5-8-13-18)19-14-9-6-10-15-19/h5,7-8,12-13,19,24H,3-4,6,9-11,14-17H2,1-2H3/p+1. The second kappa shape index (κ2) is 9.93. The number of benzene rings is 1. The van der Waals surface area contributed by atoms with Gasteiger partial charge in [0, 0.05) is 12.3 Å². The maximum Gasteiger partial charge on any atom is 0.343 e. The van der Waals surface area contributed by atoms with Crippen molar-refractivity contribution in [3.05, 3.63) is 35.9 Å². The zero-order valence-electron chi connectivity index (χ0n) is 15.8. The van der Waals surface area contributed by atoms with Crippen LogP contribution in [0.3, 0.4) is 0 Å². The fourth-order valence-corrected chi connectivity index (χ4v) is 3.93. The van der Waals surface area contributed by atoms with Gasteiger partial charge in [-0.25, -0.2) is 4.79 Å². The third kappa shape index (κ3) is 5.05. The summed E-state index contributed by atoms with van der Waals surface area (Å²) in [6, 6.07) is 9.34. The minimum absolute atomic E-state index is 0.0513. The van der Waals surface area contributed by atoms with Crippen molar-refractivity contribution in [3.8, 4) is 0 Å². The molecular weight excluding hydrogens is 314 g/mol. The Morgan fingerprint density at radius 1 is 1.16 bits per heavy atom. The normalized spacial score (nSPS) is 18.1. The molecule has 1 unspecified atom stereocenters. The molecule has 1 atom stereocenters. The molecule has 2 rings (SSSR count). The van der Waals surface area contributed by atoms with Gasteiger partial charge in [-0.1, -0.05) is 49.6 Å². The minimum atomic E-state index is -1.51. The molecule has 1 aromatic rings. The van der Waals surface area contributed by atoms with Gasteiger partial charge in [-0.15, -0.1) is 0 Å². The van der Waals surface area contributed by atoms with E-state index >= 15 is 0 Å². The van der Waals surface area contributed by atoms with E-state index < -0.39 is 11.6 Å². The Morgan fingerprint density at radius 3 is 2.40 bits per heavy atom. The van der Waals surface area contributed by atoms with Gasteiger partial charge in [0.2, 0.25) is 0 Å². The number of quaternary nitrogens is 1. The molecule has 0 spiro atoms. The number of aliphatic hydroxyl groups is 1. The summed E-state index contributed by atoms with van der Waals surface area (Å²) in [6.07, 6.45) is 5.91. The van der Waals surface area contributed by atoms with Gasteiger partial charge in [-0.05, 0) is 32.3 Å². The first kappa shape index (κ1) is 19.9. The summed E-state index contributed by atoms with van der Waals surface area (Å²) in [5, 5.41) is 11.4. The monoisotopic (exact) mass is 348 g/mol. The highest BCUT2D eigenvalue weighted by Gasteiger charge is 2.47. The molecular formula is C21H34NO3+. The van der Waals surface area contributed by atoms with E-state index in [0.29, 0.717) is 12.2 Å². The lowest BCUT2D eigenvalue weighted by molar-refractivity contribution is -0.896. The molecule has 1 aromatic carbocycles. The zero-order chi connectivity index (χ0) is 18.1. The molecule has 0 amide bonds. The van der Waals surface area contributed by atoms with E-state index in [9.17, 15) is 9.90 Å². The lowest BCUT2D eigenvalue weighted by Gasteiger charge is -2.36. The van der Waals surface area contributed by atoms with Crippen molar-refractivity contribution in [2.24, 2.45) is 5.92 Å². The summed E-state index contributed by atoms with van der Waals surface area (Å²) < 4.78 is 5.55. The van der Waals surface area contributed by atoms with Crippen molar-refractivity contribution in [3.63, 3.8) is 0 Å². The molecule has 1 aliphatic rings. The van der Waals surface area contributed by atoms with Crippen molar-refractivity contribution >= 4 is 5.97 Å². The number of carbonyl (C=O) groups excluding carboxylic acids is 1. The van der Waals surface area contributed by atoms with Crippen LogP contribution in [0.15, 0.2) is 30.3 Å². The highest BCUT2D eigenvalue weighted by molar-refractivity contribution is 5.81. The highest BCUT2D eigenvalue weighted by atomic mass is 16.5. The molecule has 0 heterocycles. The second-order valence-corrected chi connectivity index (χ2v) is 7.16. The number of esters is 1. The van der Waals surface area contributed by atoms with Crippen molar-refractivity contribution < 1.29 is 19.5 Å². The average Bonchev–Trinajstić information content (AvgIpc) is 2.68. The highest BCUT2D eigenvalue weighted by Crippen LogP contribution is 2.40. The van der Waals surface area contributed by atoms with Crippen LogP contribution in [0.2, 0.25) is 0 Å². The van der Waals surface area contributed by atoms with E-state index in [1.165, 1.54) is 11.3 Å². The van der Waals surface area contributed by atoms with Crippen LogP contribution in [0, 0.1) is 5.92 Å². The molecule has 1 fully saturated rings. The molecule has 25 heavy (non-hydrogen) atoms. The maximum absolute atomic E-state index is 12.9. The van der Waals surface area contributed by atoms with Crippen molar-refractivity contribution in [1.29, 1.82) is 0 Å². The van der Waals surface area contributed by atoms with Crippen LogP contribution in [-0.2, 0) is 15.1 Å². The van der Waals surface area contributed by atoms with Gasteiger partial charge in [0.1, 0.15) is 0 Å². The first-order valence-corrected chi connectivity index (χ1v) is 9.91. The fraction of sp³-hybridized carbons (Fsp3) is 0.667. The minimum Gasteiger partial charge on any atom is -0.463 e. The molecule has 4 nitrogen and oxygen atoms in total. The Morgan fingerprint density at radius 2 is 1.80 bits per heavy atom. The number of hydrogen-bond donors (Lipinski definition) is 2. The van der Waals surface area contributed by atoms with E-state index in [4.69, 9.17) is 4.74 Å². The number of rotatable bonds is 9. The Bertz CT molecular complexity index is 509. The average molecular weight is 349 g/mol. The van der Waals surface area contributed by atoms with E-state index in [1.807, 2.05) is 30.3 Å². The van der Waals surface area contributed by atoms with Crippen molar-refractivity contribution in [2.45, 2.75) is 58.0 Å². The van der Waals surface area contributed by atoms with Gasteiger partial charge in [-0.3, -0.25) is 0 Å². The van der Waals surface area contributed by atoms with Crippen LogP contribution in [0.4, 0.5) is 0 Å². The van der Waals surface area contributed by atoms with Crippen LogP contribution in [0.25, 0.3) is 0 Å². The second-order valence-electron chi connectivity index (χ2n) is 7.16. The van der Waals surface area contributed by atoms with E-state index in [0.717, 1.165) is 51.7 Å². The summed E-state index contributed by atoms with van der Waals surface area (Å²) >= 11 is 0. The van der Waals surface area contributed by atoms with Gasteiger partial charge in [0.05, 0.1) is 26.2 Å². The first-order valence-electron chi connectivity index (χ1n) is 9.91. The van der Waals surface area contributed by atoms with Crippen molar-refractivity contribution in [2.75, 3.05) is 26.2 Å². The summed E-state index contributed by atoms with van der Waals surface area (Å²) in [4.78, 5) is 14.4. The summed E-state index contributed by atoms with van der Waals surface area (Å²) in [5.74, 6) is -0.523. The number of carbonyl (C=O) groups is 1. The van der Waals surface area contributed by atoms with Crippen LogP contribution in [-0.4, -0.2) is 37.3 Å². The molecule has 0 radical (unpaired) electrons. The van der Waals surface area contributed by atoms with E-state index in [1.54, 1.807) is 0 Å². The van der Waals surface area contributed by atoms with E-state index in [-0.39, 0.29) is 5.92 Å². The predicted molar refractivity (Wildman–Crippen MR) is 99.4 cm³/mol.